The van der Waals surface area contributed by atoms with Crippen LogP contribution in [-0.4, -0.2) is 5.78 Å². The molecule has 1 nitrogen and oxygen atoms in total. The summed E-state index contributed by atoms with van der Waals surface area (Å²) < 4.78 is 0. The van der Waals surface area contributed by atoms with Gasteiger partial charge in [-0.25, -0.2) is 0 Å². The summed E-state index contributed by atoms with van der Waals surface area (Å²) in [5, 5.41) is 0. The summed E-state index contributed by atoms with van der Waals surface area (Å²) in [5.41, 5.74) is 3.16. The predicted octanol–water partition coefficient (Wildman–Crippen LogP) is 5.83. The standard InChI is InChI=1S/C27H22O/c28-26(21-22-13-5-1-6-14-22)27(23-15-7-2-8-16-23,24-17-9-3-10-18-24)25-19-11-4-12-20-25/h1-20H,21H2. The third-order valence-electron chi connectivity index (χ3n) is 5.25. The van der Waals surface area contributed by atoms with Gasteiger partial charge in [0.25, 0.3) is 0 Å². The van der Waals surface area contributed by atoms with Crippen molar-refractivity contribution >= 4 is 5.78 Å². The second-order valence-corrected chi connectivity index (χ2v) is 6.93. The molecule has 0 saturated heterocycles. The molecule has 28 heavy (non-hydrogen) atoms. The van der Waals surface area contributed by atoms with Gasteiger partial charge in [0.1, 0.15) is 5.41 Å². The minimum atomic E-state index is -0.848. The summed E-state index contributed by atoms with van der Waals surface area (Å²) in [6.45, 7) is 0. The zero-order valence-electron chi connectivity index (χ0n) is 15.7. The normalized spacial score (nSPS) is 11.1. The van der Waals surface area contributed by atoms with Gasteiger partial charge in [0.2, 0.25) is 0 Å². The molecular formula is C27H22O. The second kappa shape index (κ2) is 8.06. The highest BCUT2D eigenvalue weighted by Crippen LogP contribution is 2.40. The van der Waals surface area contributed by atoms with E-state index in [-0.39, 0.29) is 5.78 Å². The Hall–Kier alpha value is -3.45. The number of benzene rings is 4. The molecule has 1 heteroatoms. The zero-order valence-corrected chi connectivity index (χ0v) is 15.7. The lowest BCUT2D eigenvalue weighted by Crippen LogP contribution is -2.39. The molecule has 0 N–H and O–H groups in total. The fourth-order valence-corrected chi connectivity index (χ4v) is 3.96. The van der Waals surface area contributed by atoms with Gasteiger partial charge in [-0.2, -0.15) is 0 Å². The number of hydrogen-bond acceptors (Lipinski definition) is 1. The smallest absolute Gasteiger partial charge is 0.156 e. The van der Waals surface area contributed by atoms with Crippen LogP contribution in [0, 0.1) is 0 Å². The molecule has 0 aliphatic heterocycles. The minimum Gasteiger partial charge on any atom is -0.298 e. The van der Waals surface area contributed by atoms with Gasteiger partial charge in [-0.3, -0.25) is 4.79 Å². The maximum atomic E-state index is 14.0. The highest BCUT2D eigenvalue weighted by Gasteiger charge is 2.42. The Morgan fingerprint density at radius 3 is 1.18 bits per heavy atom. The molecule has 0 fully saturated rings. The topological polar surface area (TPSA) is 17.1 Å². The fraction of sp³-hybridized carbons (Fsp3) is 0.0741. The van der Waals surface area contributed by atoms with Crippen LogP contribution in [0.3, 0.4) is 0 Å². The van der Waals surface area contributed by atoms with Crippen LogP contribution in [0.2, 0.25) is 0 Å². The molecule has 136 valence electrons. The van der Waals surface area contributed by atoms with Gasteiger partial charge in [-0.05, 0) is 22.3 Å². The largest absolute Gasteiger partial charge is 0.298 e. The molecule has 0 unspecified atom stereocenters. The first-order valence-corrected chi connectivity index (χ1v) is 9.55. The van der Waals surface area contributed by atoms with Gasteiger partial charge in [0, 0.05) is 6.42 Å². The Morgan fingerprint density at radius 2 is 0.821 bits per heavy atom. The summed E-state index contributed by atoms with van der Waals surface area (Å²) in [6.07, 6.45) is 0.375. The van der Waals surface area contributed by atoms with Crippen LogP contribution in [0.5, 0.6) is 0 Å². The summed E-state index contributed by atoms with van der Waals surface area (Å²) in [5.74, 6) is 0.169. The summed E-state index contributed by atoms with van der Waals surface area (Å²) in [4.78, 5) is 14.0. The van der Waals surface area contributed by atoms with Crippen molar-refractivity contribution in [1.82, 2.24) is 0 Å². The first kappa shape index (κ1) is 17.9. The molecule has 0 atom stereocenters. The van der Waals surface area contributed by atoms with E-state index in [1.165, 1.54) is 0 Å². The maximum absolute atomic E-state index is 14.0. The molecule has 4 aromatic rings. The Kier molecular flexibility index (Phi) is 5.16. The molecule has 0 bridgehead atoms. The van der Waals surface area contributed by atoms with E-state index in [1.54, 1.807) is 0 Å². The molecule has 0 aromatic heterocycles. The quantitative estimate of drug-likeness (QED) is 0.394. The van der Waals surface area contributed by atoms with Gasteiger partial charge < -0.3 is 0 Å². The second-order valence-electron chi connectivity index (χ2n) is 6.93. The Bertz CT molecular complexity index is 926. The van der Waals surface area contributed by atoms with Crippen molar-refractivity contribution < 1.29 is 4.79 Å². The highest BCUT2D eigenvalue weighted by atomic mass is 16.1. The lowest BCUT2D eigenvalue weighted by Gasteiger charge is -2.34. The van der Waals surface area contributed by atoms with E-state index in [0.29, 0.717) is 6.42 Å². The lowest BCUT2D eigenvalue weighted by molar-refractivity contribution is -0.121. The van der Waals surface area contributed by atoms with Crippen molar-refractivity contribution in [3.05, 3.63) is 144 Å². The van der Waals surface area contributed by atoms with Crippen molar-refractivity contribution in [2.75, 3.05) is 0 Å². The molecule has 0 saturated carbocycles. The molecule has 0 heterocycles. The maximum Gasteiger partial charge on any atom is 0.156 e. The molecule has 0 aliphatic carbocycles. The first-order chi connectivity index (χ1) is 13.8. The van der Waals surface area contributed by atoms with Crippen LogP contribution in [0.15, 0.2) is 121 Å². The van der Waals surface area contributed by atoms with E-state index in [1.807, 2.05) is 84.9 Å². The molecule has 0 amide bonds. The number of Topliss-reactive ketones (excluding diaryl/α,β-unsaturated/α-hetero) is 1. The van der Waals surface area contributed by atoms with Gasteiger partial charge in [0.05, 0.1) is 0 Å². The van der Waals surface area contributed by atoms with E-state index < -0.39 is 5.41 Å². The van der Waals surface area contributed by atoms with E-state index >= 15 is 0 Å². The van der Waals surface area contributed by atoms with Gasteiger partial charge in [-0.1, -0.05) is 121 Å². The first-order valence-electron chi connectivity index (χ1n) is 9.55. The van der Waals surface area contributed by atoms with Crippen molar-refractivity contribution in [3.8, 4) is 0 Å². The number of carbonyl (C=O) groups is 1. The number of carbonyl (C=O) groups excluding carboxylic acids is 1. The lowest BCUT2D eigenvalue weighted by atomic mass is 9.65. The van der Waals surface area contributed by atoms with Gasteiger partial charge >= 0.3 is 0 Å². The Morgan fingerprint density at radius 1 is 0.500 bits per heavy atom. The van der Waals surface area contributed by atoms with E-state index in [9.17, 15) is 4.79 Å². The average Bonchev–Trinajstić information content (AvgIpc) is 2.77. The molecular weight excluding hydrogens is 340 g/mol. The number of rotatable bonds is 6. The van der Waals surface area contributed by atoms with Crippen LogP contribution in [0.1, 0.15) is 22.3 Å². The van der Waals surface area contributed by atoms with Crippen molar-refractivity contribution in [3.63, 3.8) is 0 Å². The SMILES string of the molecule is O=C(Cc1ccccc1)C(c1ccccc1)(c1ccccc1)c1ccccc1. The van der Waals surface area contributed by atoms with Crippen molar-refractivity contribution in [2.45, 2.75) is 11.8 Å². The molecule has 4 aromatic carbocycles. The zero-order chi connectivity index (χ0) is 19.2. The third-order valence-corrected chi connectivity index (χ3v) is 5.25. The highest BCUT2D eigenvalue weighted by molar-refractivity contribution is 5.99. The number of hydrogen-bond donors (Lipinski definition) is 0. The fourth-order valence-electron chi connectivity index (χ4n) is 3.96. The Balaban J connectivity index is 1.97. The molecule has 0 aliphatic rings. The summed E-state index contributed by atoms with van der Waals surface area (Å²) in [7, 11) is 0. The van der Waals surface area contributed by atoms with E-state index in [2.05, 4.69) is 36.4 Å². The van der Waals surface area contributed by atoms with Crippen LogP contribution in [0.25, 0.3) is 0 Å². The Labute approximate surface area is 166 Å². The predicted molar refractivity (Wildman–Crippen MR) is 114 cm³/mol. The van der Waals surface area contributed by atoms with Crippen molar-refractivity contribution in [2.24, 2.45) is 0 Å². The molecule has 4 rings (SSSR count). The molecule has 0 radical (unpaired) electrons. The number of ketones is 1. The third kappa shape index (κ3) is 3.27. The van der Waals surface area contributed by atoms with Crippen LogP contribution >= 0.6 is 0 Å². The van der Waals surface area contributed by atoms with Gasteiger partial charge in [-0.15, -0.1) is 0 Å². The summed E-state index contributed by atoms with van der Waals surface area (Å²) in [6, 6.07) is 40.3. The average molecular weight is 362 g/mol. The van der Waals surface area contributed by atoms with E-state index in [4.69, 9.17) is 0 Å². The van der Waals surface area contributed by atoms with Gasteiger partial charge in [0.15, 0.2) is 5.78 Å². The van der Waals surface area contributed by atoms with Crippen molar-refractivity contribution in [1.29, 1.82) is 0 Å². The van der Waals surface area contributed by atoms with Crippen LogP contribution in [0.4, 0.5) is 0 Å². The van der Waals surface area contributed by atoms with Crippen LogP contribution < -0.4 is 0 Å². The minimum absolute atomic E-state index is 0.169. The monoisotopic (exact) mass is 362 g/mol. The van der Waals surface area contributed by atoms with Crippen LogP contribution in [-0.2, 0) is 16.6 Å². The summed E-state index contributed by atoms with van der Waals surface area (Å²) >= 11 is 0. The van der Waals surface area contributed by atoms with E-state index in [0.717, 1.165) is 22.3 Å². The molecule has 0 spiro atoms.